The van der Waals surface area contributed by atoms with Crippen LogP contribution in [-0.2, 0) is 14.3 Å². The Morgan fingerprint density at radius 3 is 2.78 bits per heavy atom. The highest BCUT2D eigenvalue weighted by molar-refractivity contribution is 6.30. The zero-order valence-corrected chi connectivity index (χ0v) is 13.7. The monoisotopic (exact) mass is 336 g/mol. The number of benzene rings is 1. The predicted octanol–water partition coefficient (Wildman–Crippen LogP) is 2.52. The lowest BCUT2D eigenvalue weighted by molar-refractivity contribution is -0.126. The first kappa shape index (κ1) is 16.3. The molecule has 0 bridgehead atoms. The van der Waals surface area contributed by atoms with E-state index in [1.807, 2.05) is 12.1 Å². The van der Waals surface area contributed by atoms with Crippen LogP contribution in [-0.4, -0.2) is 37.1 Å². The lowest BCUT2D eigenvalue weighted by Crippen LogP contribution is -2.41. The van der Waals surface area contributed by atoms with Gasteiger partial charge in [0.2, 0.25) is 11.8 Å². The number of ether oxygens (including phenoxy) is 1. The van der Waals surface area contributed by atoms with E-state index in [2.05, 4.69) is 5.32 Å². The van der Waals surface area contributed by atoms with Gasteiger partial charge in [0.1, 0.15) is 6.04 Å². The van der Waals surface area contributed by atoms with Gasteiger partial charge in [-0.25, -0.2) is 0 Å². The molecule has 3 rings (SSSR count). The summed E-state index contributed by atoms with van der Waals surface area (Å²) >= 11 is 5.87. The third-order valence-corrected chi connectivity index (χ3v) is 4.65. The zero-order valence-electron chi connectivity index (χ0n) is 13.0. The second-order valence-electron chi connectivity index (χ2n) is 6.05. The number of hydrogen-bond donors (Lipinski definition) is 1. The van der Waals surface area contributed by atoms with Crippen molar-refractivity contribution in [2.75, 3.05) is 18.1 Å². The van der Waals surface area contributed by atoms with Gasteiger partial charge in [0.25, 0.3) is 0 Å². The minimum Gasteiger partial charge on any atom is -0.378 e. The number of rotatable bonds is 5. The summed E-state index contributed by atoms with van der Waals surface area (Å²) in [5, 5.41) is 3.49. The van der Waals surface area contributed by atoms with Gasteiger partial charge in [0, 0.05) is 30.3 Å². The Labute approximate surface area is 140 Å². The highest BCUT2D eigenvalue weighted by atomic mass is 35.5. The van der Waals surface area contributed by atoms with Gasteiger partial charge >= 0.3 is 0 Å². The van der Waals surface area contributed by atoms with Crippen LogP contribution in [0.5, 0.6) is 0 Å². The molecule has 0 radical (unpaired) electrons. The topological polar surface area (TPSA) is 58.6 Å². The molecule has 124 valence electrons. The molecule has 1 aromatic carbocycles. The van der Waals surface area contributed by atoms with E-state index in [1.54, 1.807) is 17.0 Å². The van der Waals surface area contributed by atoms with Gasteiger partial charge in [-0.1, -0.05) is 11.6 Å². The quantitative estimate of drug-likeness (QED) is 0.898. The zero-order chi connectivity index (χ0) is 16.2. The molecule has 0 spiro atoms. The molecule has 2 fully saturated rings. The molecular formula is C17H21ClN2O3. The largest absolute Gasteiger partial charge is 0.378 e. The van der Waals surface area contributed by atoms with Crippen molar-refractivity contribution in [1.82, 2.24) is 5.32 Å². The van der Waals surface area contributed by atoms with E-state index in [1.165, 1.54) is 0 Å². The van der Waals surface area contributed by atoms with Crippen LogP contribution in [0.1, 0.15) is 32.1 Å². The van der Waals surface area contributed by atoms with Gasteiger partial charge in [0.15, 0.2) is 0 Å². The Hall–Kier alpha value is -1.59. The second kappa shape index (κ2) is 7.32. The van der Waals surface area contributed by atoms with E-state index in [-0.39, 0.29) is 17.9 Å². The Balaban J connectivity index is 1.50. The Morgan fingerprint density at radius 1 is 1.30 bits per heavy atom. The standard InChI is InChI=1S/C17H21ClN2O3/c18-12-3-5-13(6-4-12)20-10-9-15(17(20)22)19-16(21)8-7-14-2-1-11-23-14/h3-6,14-15H,1-2,7-11H2,(H,19,21)/t14-,15-/m1/s1. The molecule has 23 heavy (non-hydrogen) atoms. The van der Waals surface area contributed by atoms with E-state index >= 15 is 0 Å². The average molecular weight is 337 g/mol. The maximum atomic E-state index is 12.4. The van der Waals surface area contributed by atoms with Crippen molar-refractivity contribution in [3.63, 3.8) is 0 Å². The molecule has 2 amide bonds. The van der Waals surface area contributed by atoms with Crippen LogP contribution in [0.2, 0.25) is 5.02 Å². The summed E-state index contributed by atoms with van der Waals surface area (Å²) in [4.78, 5) is 26.2. The maximum Gasteiger partial charge on any atom is 0.249 e. The van der Waals surface area contributed by atoms with Crippen LogP contribution in [0.25, 0.3) is 0 Å². The van der Waals surface area contributed by atoms with Gasteiger partial charge < -0.3 is 15.0 Å². The van der Waals surface area contributed by atoms with Crippen molar-refractivity contribution in [2.45, 2.75) is 44.2 Å². The molecular weight excluding hydrogens is 316 g/mol. The van der Waals surface area contributed by atoms with Crippen molar-refractivity contribution in [3.05, 3.63) is 29.3 Å². The first-order valence-electron chi connectivity index (χ1n) is 8.11. The van der Waals surface area contributed by atoms with Crippen LogP contribution in [0.3, 0.4) is 0 Å². The van der Waals surface area contributed by atoms with Crippen molar-refractivity contribution >= 4 is 29.1 Å². The predicted molar refractivity (Wildman–Crippen MR) is 88.6 cm³/mol. The molecule has 0 saturated carbocycles. The van der Waals surface area contributed by atoms with Gasteiger partial charge in [-0.15, -0.1) is 0 Å². The second-order valence-corrected chi connectivity index (χ2v) is 6.49. The number of carbonyl (C=O) groups excluding carboxylic acids is 2. The summed E-state index contributed by atoms with van der Waals surface area (Å²) in [7, 11) is 0. The fraction of sp³-hybridized carbons (Fsp3) is 0.529. The first-order valence-corrected chi connectivity index (χ1v) is 8.49. The number of carbonyl (C=O) groups is 2. The van der Waals surface area contributed by atoms with Gasteiger partial charge in [-0.05, 0) is 49.9 Å². The SMILES string of the molecule is O=C(CC[C@H]1CCCO1)N[C@@H]1CCN(c2ccc(Cl)cc2)C1=O. The number of hydrogen-bond acceptors (Lipinski definition) is 3. The smallest absolute Gasteiger partial charge is 0.249 e. The minimum absolute atomic E-state index is 0.0576. The Kier molecular flexibility index (Phi) is 5.18. The van der Waals surface area contributed by atoms with E-state index in [0.29, 0.717) is 24.4 Å². The lowest BCUT2D eigenvalue weighted by atomic mass is 10.1. The molecule has 2 aliphatic heterocycles. The van der Waals surface area contributed by atoms with Crippen molar-refractivity contribution in [1.29, 1.82) is 0 Å². The van der Waals surface area contributed by atoms with Crippen LogP contribution < -0.4 is 10.2 Å². The van der Waals surface area contributed by atoms with Crippen molar-refractivity contribution < 1.29 is 14.3 Å². The van der Waals surface area contributed by atoms with Crippen molar-refractivity contribution in [2.24, 2.45) is 0 Å². The fourth-order valence-electron chi connectivity index (χ4n) is 3.12. The summed E-state index contributed by atoms with van der Waals surface area (Å²) in [5.41, 5.74) is 0.815. The number of nitrogens with zero attached hydrogens (tertiary/aromatic N) is 1. The van der Waals surface area contributed by atoms with E-state index in [0.717, 1.165) is 31.6 Å². The number of anilines is 1. The molecule has 2 heterocycles. The molecule has 0 aromatic heterocycles. The molecule has 2 saturated heterocycles. The highest BCUT2D eigenvalue weighted by Crippen LogP contribution is 2.23. The molecule has 5 nitrogen and oxygen atoms in total. The van der Waals surface area contributed by atoms with Gasteiger partial charge in [-0.3, -0.25) is 9.59 Å². The molecule has 6 heteroatoms. The number of halogens is 1. The summed E-state index contributed by atoms with van der Waals surface area (Å²) in [6, 6.07) is 6.74. The molecule has 2 atom stereocenters. The summed E-state index contributed by atoms with van der Waals surface area (Å²) in [5.74, 6) is -0.130. The lowest BCUT2D eigenvalue weighted by Gasteiger charge is -2.17. The molecule has 0 aliphatic carbocycles. The third kappa shape index (κ3) is 4.03. The maximum absolute atomic E-state index is 12.4. The summed E-state index contributed by atoms with van der Waals surface area (Å²) in [6.07, 6.45) is 4.07. The Morgan fingerprint density at radius 2 is 2.09 bits per heavy atom. The average Bonchev–Trinajstić information content (AvgIpc) is 3.18. The van der Waals surface area contributed by atoms with Gasteiger partial charge in [0.05, 0.1) is 6.10 Å². The molecule has 2 aliphatic rings. The van der Waals surface area contributed by atoms with E-state index in [4.69, 9.17) is 16.3 Å². The van der Waals surface area contributed by atoms with E-state index in [9.17, 15) is 9.59 Å². The number of nitrogens with one attached hydrogen (secondary N) is 1. The Bertz CT molecular complexity index is 570. The van der Waals surface area contributed by atoms with Crippen LogP contribution >= 0.6 is 11.6 Å². The van der Waals surface area contributed by atoms with E-state index < -0.39 is 6.04 Å². The fourth-order valence-corrected chi connectivity index (χ4v) is 3.25. The number of amides is 2. The molecule has 1 N–H and O–H groups in total. The van der Waals surface area contributed by atoms with Crippen LogP contribution in [0, 0.1) is 0 Å². The molecule has 0 unspecified atom stereocenters. The third-order valence-electron chi connectivity index (χ3n) is 4.40. The van der Waals surface area contributed by atoms with Crippen LogP contribution in [0.4, 0.5) is 5.69 Å². The summed E-state index contributed by atoms with van der Waals surface area (Å²) < 4.78 is 5.51. The first-order chi connectivity index (χ1) is 11.1. The molecule has 1 aromatic rings. The summed E-state index contributed by atoms with van der Waals surface area (Å²) in [6.45, 7) is 1.40. The highest BCUT2D eigenvalue weighted by Gasteiger charge is 2.33. The minimum atomic E-state index is -0.428. The van der Waals surface area contributed by atoms with Crippen molar-refractivity contribution in [3.8, 4) is 0 Å². The van der Waals surface area contributed by atoms with Gasteiger partial charge in [-0.2, -0.15) is 0 Å². The van der Waals surface area contributed by atoms with Crippen LogP contribution in [0.15, 0.2) is 24.3 Å². The normalized spacial score (nSPS) is 24.2.